The lowest BCUT2D eigenvalue weighted by Crippen LogP contribution is -2.13. The highest BCUT2D eigenvalue weighted by molar-refractivity contribution is 6.02. The molecule has 0 saturated carbocycles. The first kappa shape index (κ1) is 18.5. The van der Waals surface area contributed by atoms with Crippen LogP contribution in [0.15, 0.2) is 60.9 Å². The zero-order valence-corrected chi connectivity index (χ0v) is 14.9. The van der Waals surface area contributed by atoms with Gasteiger partial charge >= 0.3 is 5.97 Å². The van der Waals surface area contributed by atoms with Crippen molar-refractivity contribution in [2.75, 3.05) is 12.4 Å². The van der Waals surface area contributed by atoms with Crippen molar-refractivity contribution >= 4 is 23.8 Å². The number of pyridine rings is 1. The second-order valence-corrected chi connectivity index (χ2v) is 5.55. The maximum atomic E-state index is 12.3. The number of nitrogens with one attached hydrogen (secondary N) is 1. The Balaban J connectivity index is 1.77. The van der Waals surface area contributed by atoms with Gasteiger partial charge in [0.1, 0.15) is 11.6 Å². The summed E-state index contributed by atoms with van der Waals surface area (Å²) in [4.78, 5) is 27.9. The second-order valence-electron chi connectivity index (χ2n) is 5.55. The second kappa shape index (κ2) is 8.42. The van der Waals surface area contributed by atoms with Crippen LogP contribution in [-0.2, 0) is 9.53 Å². The first-order valence-electron chi connectivity index (χ1n) is 8.19. The first-order chi connectivity index (χ1) is 13.6. The van der Waals surface area contributed by atoms with Crippen LogP contribution in [0.1, 0.15) is 21.5 Å². The van der Waals surface area contributed by atoms with E-state index < -0.39 is 11.9 Å². The van der Waals surface area contributed by atoms with Gasteiger partial charge in [-0.05, 0) is 35.9 Å². The SMILES string of the molecule is COC(=O)c1ccc(/C=C/C(=O)Nc2c(C#N)cnn2-c2ccccn2)cc1. The summed E-state index contributed by atoms with van der Waals surface area (Å²) >= 11 is 0. The highest BCUT2D eigenvalue weighted by Crippen LogP contribution is 2.18. The van der Waals surface area contributed by atoms with E-state index in [0.717, 1.165) is 5.56 Å². The van der Waals surface area contributed by atoms with E-state index in [-0.39, 0.29) is 11.4 Å². The van der Waals surface area contributed by atoms with Gasteiger partial charge in [0.25, 0.3) is 0 Å². The van der Waals surface area contributed by atoms with Crippen molar-refractivity contribution in [2.45, 2.75) is 0 Å². The number of esters is 1. The minimum absolute atomic E-state index is 0.217. The Labute approximate surface area is 160 Å². The van der Waals surface area contributed by atoms with Crippen LogP contribution in [0.2, 0.25) is 0 Å². The summed E-state index contributed by atoms with van der Waals surface area (Å²) in [6.07, 6.45) is 5.86. The van der Waals surface area contributed by atoms with Crippen molar-refractivity contribution in [1.82, 2.24) is 14.8 Å². The normalized spacial score (nSPS) is 10.4. The molecule has 3 aromatic rings. The average Bonchev–Trinajstić information content (AvgIpc) is 3.15. The molecule has 0 fully saturated rings. The molecule has 0 spiro atoms. The number of anilines is 1. The van der Waals surface area contributed by atoms with Gasteiger partial charge in [-0.2, -0.15) is 15.0 Å². The van der Waals surface area contributed by atoms with E-state index in [0.29, 0.717) is 11.4 Å². The standard InChI is InChI=1S/C20H15N5O3/c1-28-20(27)15-8-5-14(6-9-15)7-10-18(26)24-19-16(12-21)13-23-25(19)17-4-2-3-11-22-17/h2-11,13H,1H3,(H,24,26)/b10-7+. The summed E-state index contributed by atoms with van der Waals surface area (Å²) in [5.41, 5.74) is 1.36. The smallest absolute Gasteiger partial charge is 0.337 e. The number of hydrogen-bond acceptors (Lipinski definition) is 6. The topological polar surface area (TPSA) is 110 Å². The van der Waals surface area contributed by atoms with E-state index in [1.54, 1.807) is 54.7 Å². The minimum Gasteiger partial charge on any atom is -0.465 e. The summed E-state index contributed by atoms with van der Waals surface area (Å²) < 4.78 is 6.03. The van der Waals surface area contributed by atoms with Gasteiger partial charge in [0.2, 0.25) is 5.91 Å². The molecule has 1 N–H and O–H groups in total. The van der Waals surface area contributed by atoms with Crippen LogP contribution in [0.25, 0.3) is 11.9 Å². The third-order valence-electron chi connectivity index (χ3n) is 3.76. The van der Waals surface area contributed by atoms with Crippen LogP contribution in [0.5, 0.6) is 0 Å². The molecule has 0 aliphatic rings. The summed E-state index contributed by atoms with van der Waals surface area (Å²) in [5.74, 6) is -0.162. The molecule has 8 nitrogen and oxygen atoms in total. The van der Waals surface area contributed by atoms with Crippen molar-refractivity contribution in [3.8, 4) is 11.9 Å². The Kier molecular flexibility index (Phi) is 5.58. The lowest BCUT2D eigenvalue weighted by atomic mass is 10.1. The molecular formula is C20H15N5O3. The molecule has 0 saturated heterocycles. The number of aromatic nitrogens is 3. The number of benzene rings is 1. The molecule has 28 heavy (non-hydrogen) atoms. The average molecular weight is 373 g/mol. The maximum Gasteiger partial charge on any atom is 0.337 e. The van der Waals surface area contributed by atoms with E-state index >= 15 is 0 Å². The molecule has 0 unspecified atom stereocenters. The molecule has 0 bridgehead atoms. The van der Waals surface area contributed by atoms with Crippen LogP contribution < -0.4 is 5.32 Å². The number of carbonyl (C=O) groups excluding carboxylic acids is 2. The van der Waals surface area contributed by atoms with Crippen molar-refractivity contribution < 1.29 is 14.3 Å². The molecule has 0 aliphatic heterocycles. The fourth-order valence-corrected chi connectivity index (χ4v) is 2.38. The van der Waals surface area contributed by atoms with Crippen molar-refractivity contribution in [3.05, 3.63) is 77.6 Å². The zero-order chi connectivity index (χ0) is 19.9. The molecule has 0 radical (unpaired) electrons. The van der Waals surface area contributed by atoms with Crippen molar-refractivity contribution in [1.29, 1.82) is 5.26 Å². The van der Waals surface area contributed by atoms with E-state index in [1.807, 2.05) is 6.07 Å². The number of methoxy groups -OCH3 is 1. The van der Waals surface area contributed by atoms with Crippen LogP contribution in [0.3, 0.4) is 0 Å². The molecule has 1 aromatic carbocycles. The molecule has 1 amide bonds. The Morgan fingerprint density at radius 3 is 2.64 bits per heavy atom. The third-order valence-corrected chi connectivity index (χ3v) is 3.76. The molecule has 0 aliphatic carbocycles. The van der Waals surface area contributed by atoms with E-state index in [9.17, 15) is 14.9 Å². The van der Waals surface area contributed by atoms with E-state index in [1.165, 1.54) is 24.1 Å². The molecule has 0 atom stereocenters. The number of hydrogen-bond donors (Lipinski definition) is 1. The molecule has 2 heterocycles. The largest absolute Gasteiger partial charge is 0.465 e. The fraction of sp³-hybridized carbons (Fsp3) is 0.0500. The van der Waals surface area contributed by atoms with E-state index in [2.05, 4.69) is 20.1 Å². The van der Waals surface area contributed by atoms with Crippen molar-refractivity contribution in [3.63, 3.8) is 0 Å². The van der Waals surface area contributed by atoms with Crippen LogP contribution >= 0.6 is 0 Å². The molecule has 8 heteroatoms. The maximum absolute atomic E-state index is 12.3. The van der Waals surface area contributed by atoms with Crippen LogP contribution in [0.4, 0.5) is 5.82 Å². The van der Waals surface area contributed by atoms with Crippen LogP contribution in [-0.4, -0.2) is 33.8 Å². The predicted octanol–water partition coefficient (Wildman–Crippen LogP) is 2.58. The number of rotatable bonds is 5. The lowest BCUT2D eigenvalue weighted by molar-refractivity contribution is -0.111. The van der Waals surface area contributed by atoms with Gasteiger partial charge < -0.3 is 10.1 Å². The molecule has 2 aromatic heterocycles. The lowest BCUT2D eigenvalue weighted by Gasteiger charge is -2.07. The summed E-state index contributed by atoms with van der Waals surface area (Å²) in [6.45, 7) is 0. The Morgan fingerprint density at radius 2 is 2.00 bits per heavy atom. The monoisotopic (exact) mass is 373 g/mol. The highest BCUT2D eigenvalue weighted by Gasteiger charge is 2.14. The van der Waals surface area contributed by atoms with Crippen LogP contribution in [0, 0.1) is 11.3 Å². The first-order valence-corrected chi connectivity index (χ1v) is 8.19. The molecular weight excluding hydrogens is 358 g/mol. The number of carbonyl (C=O) groups is 2. The van der Waals surface area contributed by atoms with Gasteiger partial charge in [-0.3, -0.25) is 4.79 Å². The van der Waals surface area contributed by atoms with Gasteiger partial charge in [-0.25, -0.2) is 9.78 Å². The van der Waals surface area contributed by atoms with Crippen molar-refractivity contribution in [2.24, 2.45) is 0 Å². The van der Waals surface area contributed by atoms with Gasteiger partial charge in [-0.1, -0.05) is 18.2 Å². The van der Waals surface area contributed by atoms with Gasteiger partial charge in [0.05, 0.1) is 18.9 Å². The van der Waals surface area contributed by atoms with Gasteiger partial charge in [0, 0.05) is 12.3 Å². The quantitative estimate of drug-likeness (QED) is 0.544. The Morgan fingerprint density at radius 1 is 1.21 bits per heavy atom. The zero-order valence-electron chi connectivity index (χ0n) is 14.9. The number of nitrogens with zero attached hydrogens (tertiary/aromatic N) is 4. The number of amides is 1. The molecule has 138 valence electrons. The Hall–Kier alpha value is -4.25. The number of nitriles is 1. The fourth-order valence-electron chi connectivity index (χ4n) is 2.38. The number of ether oxygens (including phenoxy) is 1. The predicted molar refractivity (Wildman–Crippen MR) is 102 cm³/mol. The molecule has 3 rings (SSSR count). The Bertz CT molecular complexity index is 1060. The van der Waals surface area contributed by atoms with Gasteiger partial charge in [-0.15, -0.1) is 0 Å². The van der Waals surface area contributed by atoms with E-state index in [4.69, 9.17) is 0 Å². The van der Waals surface area contributed by atoms with Gasteiger partial charge in [0.15, 0.2) is 11.6 Å². The summed E-state index contributed by atoms with van der Waals surface area (Å²) in [7, 11) is 1.31. The highest BCUT2D eigenvalue weighted by atomic mass is 16.5. The summed E-state index contributed by atoms with van der Waals surface area (Å²) in [6, 6.07) is 13.8. The summed E-state index contributed by atoms with van der Waals surface area (Å²) in [5, 5.41) is 16.0. The minimum atomic E-state index is -0.439. The third kappa shape index (κ3) is 4.11.